The lowest BCUT2D eigenvalue weighted by Gasteiger charge is -2.26. The van der Waals surface area contributed by atoms with Crippen LogP contribution >= 0.6 is 0 Å². The molecular weight excluding hydrogens is 198 g/mol. The van der Waals surface area contributed by atoms with Crippen LogP contribution in [0.3, 0.4) is 0 Å². The summed E-state index contributed by atoms with van der Waals surface area (Å²) in [4.78, 5) is 2.22. The van der Waals surface area contributed by atoms with Gasteiger partial charge in [-0.15, -0.1) is 0 Å². The van der Waals surface area contributed by atoms with Crippen LogP contribution in [-0.2, 0) is 0 Å². The standard InChI is InChI=1S/C14H23NO/c1-5-14(11(2)10-15(3)4)12-7-6-8-13(16)9-12/h6-9,11,14,16H,5,10H2,1-4H3/t11-,14-/m0/s1. The lowest BCUT2D eigenvalue weighted by Crippen LogP contribution is -2.24. The van der Waals surface area contributed by atoms with Crippen molar-refractivity contribution in [3.63, 3.8) is 0 Å². The van der Waals surface area contributed by atoms with Crippen molar-refractivity contribution in [1.29, 1.82) is 0 Å². The van der Waals surface area contributed by atoms with E-state index in [1.165, 1.54) is 5.56 Å². The summed E-state index contributed by atoms with van der Waals surface area (Å²) >= 11 is 0. The molecule has 0 aliphatic carbocycles. The zero-order valence-corrected chi connectivity index (χ0v) is 10.8. The van der Waals surface area contributed by atoms with Crippen LogP contribution in [0.4, 0.5) is 0 Å². The van der Waals surface area contributed by atoms with Gasteiger partial charge in [-0.3, -0.25) is 0 Å². The van der Waals surface area contributed by atoms with Gasteiger partial charge in [-0.25, -0.2) is 0 Å². The van der Waals surface area contributed by atoms with Gasteiger partial charge >= 0.3 is 0 Å². The normalized spacial score (nSPS) is 15.1. The second-order valence-electron chi connectivity index (χ2n) is 4.85. The molecule has 16 heavy (non-hydrogen) atoms. The summed E-state index contributed by atoms with van der Waals surface area (Å²) in [5, 5.41) is 9.51. The molecule has 0 aliphatic rings. The molecule has 0 amide bonds. The molecular formula is C14H23NO. The van der Waals surface area contributed by atoms with E-state index >= 15 is 0 Å². The average molecular weight is 221 g/mol. The average Bonchev–Trinajstić information content (AvgIpc) is 2.17. The number of rotatable bonds is 5. The number of phenolic OH excluding ortho intramolecular Hbond substituents is 1. The third-order valence-corrected chi connectivity index (χ3v) is 3.08. The Hall–Kier alpha value is -1.02. The van der Waals surface area contributed by atoms with Gasteiger partial charge in [-0.1, -0.05) is 26.0 Å². The molecule has 0 fully saturated rings. The SMILES string of the molecule is CC[C@H](c1cccc(O)c1)[C@@H](C)CN(C)C. The molecule has 0 heterocycles. The van der Waals surface area contributed by atoms with Crippen molar-refractivity contribution in [1.82, 2.24) is 4.90 Å². The molecule has 0 saturated carbocycles. The van der Waals surface area contributed by atoms with Crippen LogP contribution < -0.4 is 0 Å². The summed E-state index contributed by atoms with van der Waals surface area (Å²) in [6, 6.07) is 7.66. The van der Waals surface area contributed by atoms with Crippen LogP contribution in [0.1, 0.15) is 31.7 Å². The van der Waals surface area contributed by atoms with Crippen LogP contribution in [0.2, 0.25) is 0 Å². The van der Waals surface area contributed by atoms with E-state index < -0.39 is 0 Å². The van der Waals surface area contributed by atoms with Gasteiger partial charge in [-0.2, -0.15) is 0 Å². The van der Waals surface area contributed by atoms with E-state index in [1.807, 2.05) is 12.1 Å². The Morgan fingerprint density at radius 2 is 2.00 bits per heavy atom. The Balaban J connectivity index is 2.81. The van der Waals surface area contributed by atoms with Gasteiger partial charge in [0.25, 0.3) is 0 Å². The van der Waals surface area contributed by atoms with Gasteiger partial charge < -0.3 is 10.0 Å². The Morgan fingerprint density at radius 1 is 1.31 bits per heavy atom. The van der Waals surface area contributed by atoms with Crippen LogP contribution in [0.15, 0.2) is 24.3 Å². The Bertz CT molecular complexity index is 322. The van der Waals surface area contributed by atoms with Crippen molar-refractivity contribution in [2.24, 2.45) is 5.92 Å². The summed E-state index contributed by atoms with van der Waals surface area (Å²) < 4.78 is 0. The van der Waals surface area contributed by atoms with Gasteiger partial charge in [0.05, 0.1) is 0 Å². The maximum atomic E-state index is 9.51. The third-order valence-electron chi connectivity index (χ3n) is 3.08. The van der Waals surface area contributed by atoms with Crippen molar-refractivity contribution in [3.05, 3.63) is 29.8 Å². The summed E-state index contributed by atoms with van der Waals surface area (Å²) in [6.07, 6.45) is 1.11. The van der Waals surface area contributed by atoms with Crippen LogP contribution in [0, 0.1) is 5.92 Å². The fourth-order valence-corrected chi connectivity index (χ4v) is 2.43. The maximum Gasteiger partial charge on any atom is 0.115 e. The molecule has 1 rings (SSSR count). The minimum atomic E-state index is 0.369. The molecule has 0 aromatic heterocycles. The van der Waals surface area contributed by atoms with Crippen LogP contribution in [0.25, 0.3) is 0 Å². The highest BCUT2D eigenvalue weighted by atomic mass is 16.3. The molecule has 0 unspecified atom stereocenters. The fraction of sp³-hybridized carbons (Fsp3) is 0.571. The molecule has 0 spiro atoms. The quantitative estimate of drug-likeness (QED) is 0.826. The van der Waals surface area contributed by atoms with Crippen LogP contribution in [-0.4, -0.2) is 30.6 Å². The van der Waals surface area contributed by atoms with Crippen molar-refractivity contribution in [2.45, 2.75) is 26.2 Å². The summed E-state index contributed by atoms with van der Waals surface area (Å²) in [5.41, 5.74) is 1.25. The predicted molar refractivity (Wildman–Crippen MR) is 68.9 cm³/mol. The second-order valence-corrected chi connectivity index (χ2v) is 4.85. The number of hydrogen-bond donors (Lipinski definition) is 1. The Morgan fingerprint density at radius 3 is 2.50 bits per heavy atom. The number of hydrogen-bond acceptors (Lipinski definition) is 2. The van der Waals surface area contributed by atoms with Crippen molar-refractivity contribution < 1.29 is 5.11 Å². The van der Waals surface area contributed by atoms with E-state index in [1.54, 1.807) is 6.07 Å². The molecule has 2 nitrogen and oxygen atoms in total. The fourth-order valence-electron chi connectivity index (χ4n) is 2.43. The highest BCUT2D eigenvalue weighted by Gasteiger charge is 2.18. The molecule has 1 aromatic carbocycles. The highest BCUT2D eigenvalue weighted by Crippen LogP contribution is 2.30. The molecule has 2 heteroatoms. The molecule has 0 radical (unpaired) electrons. The topological polar surface area (TPSA) is 23.5 Å². The van der Waals surface area contributed by atoms with E-state index in [-0.39, 0.29) is 0 Å². The van der Waals surface area contributed by atoms with Crippen LogP contribution in [0.5, 0.6) is 5.75 Å². The largest absolute Gasteiger partial charge is 0.508 e. The predicted octanol–water partition coefficient (Wildman–Crippen LogP) is 3.08. The van der Waals surface area contributed by atoms with Crippen molar-refractivity contribution in [3.8, 4) is 5.75 Å². The molecule has 0 saturated heterocycles. The highest BCUT2D eigenvalue weighted by molar-refractivity contribution is 5.30. The number of phenols is 1. The Labute approximate surface area is 98.9 Å². The number of benzene rings is 1. The van der Waals surface area contributed by atoms with Gasteiger partial charge in [0.2, 0.25) is 0 Å². The monoisotopic (exact) mass is 221 g/mol. The van der Waals surface area contributed by atoms with E-state index in [2.05, 4.69) is 38.9 Å². The number of aromatic hydroxyl groups is 1. The molecule has 0 aliphatic heterocycles. The first-order valence-corrected chi connectivity index (χ1v) is 5.98. The zero-order valence-electron chi connectivity index (χ0n) is 10.8. The zero-order chi connectivity index (χ0) is 12.1. The first-order valence-electron chi connectivity index (χ1n) is 5.98. The second kappa shape index (κ2) is 5.90. The summed E-state index contributed by atoms with van der Waals surface area (Å²) in [7, 11) is 4.21. The van der Waals surface area contributed by atoms with Gasteiger partial charge in [-0.05, 0) is 50.0 Å². The minimum Gasteiger partial charge on any atom is -0.508 e. The Kier molecular flexibility index (Phi) is 4.81. The lowest BCUT2D eigenvalue weighted by molar-refractivity contribution is 0.301. The third kappa shape index (κ3) is 3.53. The summed E-state index contributed by atoms with van der Waals surface area (Å²) in [5.74, 6) is 1.49. The molecule has 1 aromatic rings. The first-order chi connectivity index (χ1) is 7.54. The van der Waals surface area contributed by atoms with Crippen molar-refractivity contribution in [2.75, 3.05) is 20.6 Å². The maximum absolute atomic E-state index is 9.51. The van der Waals surface area contributed by atoms with E-state index in [0.717, 1.165) is 13.0 Å². The van der Waals surface area contributed by atoms with Gasteiger partial charge in [0.15, 0.2) is 0 Å². The lowest BCUT2D eigenvalue weighted by atomic mass is 9.85. The molecule has 90 valence electrons. The first kappa shape index (κ1) is 13.0. The van der Waals surface area contributed by atoms with E-state index in [9.17, 15) is 5.11 Å². The smallest absolute Gasteiger partial charge is 0.115 e. The van der Waals surface area contributed by atoms with Crippen molar-refractivity contribution >= 4 is 0 Å². The van der Waals surface area contributed by atoms with E-state index in [4.69, 9.17) is 0 Å². The minimum absolute atomic E-state index is 0.369. The molecule has 2 atom stereocenters. The van der Waals surface area contributed by atoms with E-state index in [0.29, 0.717) is 17.6 Å². The number of nitrogens with zero attached hydrogens (tertiary/aromatic N) is 1. The van der Waals surface area contributed by atoms with Gasteiger partial charge in [0.1, 0.15) is 5.75 Å². The molecule has 0 bridgehead atoms. The van der Waals surface area contributed by atoms with Gasteiger partial charge in [0, 0.05) is 6.54 Å². The summed E-state index contributed by atoms with van der Waals surface area (Å²) in [6.45, 7) is 5.56. The molecule has 1 N–H and O–H groups in total.